The van der Waals surface area contributed by atoms with Gasteiger partial charge in [-0.15, -0.1) is 11.8 Å². The summed E-state index contributed by atoms with van der Waals surface area (Å²) in [6.45, 7) is 0. The third-order valence-electron chi connectivity index (χ3n) is 3.28. The zero-order valence-electron chi connectivity index (χ0n) is 13.1. The Balaban J connectivity index is 1.74. The number of nitrogens with two attached hydrogens (primary N) is 1. The van der Waals surface area contributed by atoms with Gasteiger partial charge in [0, 0.05) is 14.5 Å². The van der Waals surface area contributed by atoms with Gasteiger partial charge in [0.15, 0.2) is 5.13 Å². The number of thiazole rings is 1. The number of amides is 1. The standard InChI is InChI=1S/C17H12Br2ClN3OS2/c18-9-5-6-10(11(19)7-9)15-16(26-17(21)23-15)25-8-14(24)22-13-4-2-1-3-12(13)20/h1-7H,8H2,(H2,21,23)(H,22,24). The number of thioether (sulfide) groups is 1. The molecular formula is C17H12Br2ClN3OS2. The van der Waals surface area contributed by atoms with Crippen LogP contribution in [0.25, 0.3) is 11.3 Å². The Labute approximate surface area is 180 Å². The number of carbonyl (C=O) groups excluding carboxylic acids is 1. The van der Waals surface area contributed by atoms with Crippen LogP contribution in [0.3, 0.4) is 0 Å². The van der Waals surface area contributed by atoms with Gasteiger partial charge in [0.05, 0.1) is 26.4 Å². The molecule has 26 heavy (non-hydrogen) atoms. The highest BCUT2D eigenvalue weighted by Gasteiger charge is 2.17. The molecule has 9 heteroatoms. The van der Waals surface area contributed by atoms with Crippen LogP contribution in [0, 0.1) is 0 Å². The van der Waals surface area contributed by atoms with Gasteiger partial charge in [0.2, 0.25) is 5.91 Å². The summed E-state index contributed by atoms with van der Waals surface area (Å²) >= 11 is 15.8. The van der Waals surface area contributed by atoms with Crippen LogP contribution >= 0.6 is 66.6 Å². The largest absolute Gasteiger partial charge is 0.375 e. The van der Waals surface area contributed by atoms with Gasteiger partial charge in [-0.2, -0.15) is 0 Å². The van der Waals surface area contributed by atoms with Gasteiger partial charge in [0.25, 0.3) is 0 Å². The van der Waals surface area contributed by atoms with Gasteiger partial charge in [0.1, 0.15) is 0 Å². The van der Waals surface area contributed by atoms with Crippen LogP contribution in [0.4, 0.5) is 10.8 Å². The average Bonchev–Trinajstić information content (AvgIpc) is 2.95. The molecule has 3 aromatic rings. The third kappa shape index (κ3) is 4.80. The van der Waals surface area contributed by atoms with Crippen molar-refractivity contribution in [3.8, 4) is 11.3 Å². The molecule has 0 unspecified atom stereocenters. The number of benzene rings is 2. The van der Waals surface area contributed by atoms with Crippen molar-refractivity contribution in [1.29, 1.82) is 0 Å². The van der Waals surface area contributed by atoms with Crippen LogP contribution < -0.4 is 11.1 Å². The second-order valence-electron chi connectivity index (χ2n) is 5.13. The minimum Gasteiger partial charge on any atom is -0.375 e. The molecule has 0 saturated heterocycles. The number of hydrogen-bond donors (Lipinski definition) is 2. The number of nitrogens with zero attached hydrogens (tertiary/aromatic N) is 1. The van der Waals surface area contributed by atoms with E-state index in [0.29, 0.717) is 15.8 Å². The molecule has 1 aromatic heterocycles. The predicted octanol–water partition coefficient (Wildman–Crippen LogP) is 6.30. The molecule has 0 radical (unpaired) electrons. The predicted molar refractivity (Wildman–Crippen MR) is 118 cm³/mol. The summed E-state index contributed by atoms with van der Waals surface area (Å²) in [5, 5.41) is 3.78. The first kappa shape index (κ1) is 19.7. The number of aromatic nitrogens is 1. The van der Waals surface area contributed by atoms with Crippen LogP contribution in [0.15, 0.2) is 55.6 Å². The van der Waals surface area contributed by atoms with Crippen molar-refractivity contribution in [3.05, 3.63) is 56.4 Å². The molecular weight excluding hydrogens is 522 g/mol. The normalized spacial score (nSPS) is 10.7. The Morgan fingerprint density at radius 1 is 1.27 bits per heavy atom. The van der Waals surface area contributed by atoms with Crippen LogP contribution in [-0.2, 0) is 4.79 Å². The summed E-state index contributed by atoms with van der Waals surface area (Å²) in [7, 11) is 0. The molecule has 0 aliphatic carbocycles. The van der Waals surface area contributed by atoms with Gasteiger partial charge in [-0.05, 0) is 24.3 Å². The molecule has 4 nitrogen and oxygen atoms in total. The quantitative estimate of drug-likeness (QED) is 0.378. The first-order valence-corrected chi connectivity index (χ1v) is 11.1. The maximum atomic E-state index is 12.3. The number of para-hydroxylation sites is 1. The minimum absolute atomic E-state index is 0.143. The van der Waals surface area contributed by atoms with Crippen LogP contribution in [0.1, 0.15) is 0 Å². The molecule has 2 aromatic carbocycles. The van der Waals surface area contributed by atoms with Gasteiger partial charge in [-0.25, -0.2) is 4.98 Å². The lowest BCUT2D eigenvalue weighted by molar-refractivity contribution is -0.113. The van der Waals surface area contributed by atoms with E-state index in [0.717, 1.165) is 24.4 Å². The molecule has 0 spiro atoms. The van der Waals surface area contributed by atoms with Crippen molar-refractivity contribution in [2.45, 2.75) is 4.21 Å². The lowest BCUT2D eigenvalue weighted by atomic mass is 10.2. The maximum Gasteiger partial charge on any atom is 0.234 e. The Bertz CT molecular complexity index is 965. The van der Waals surface area contributed by atoms with Crippen LogP contribution in [0.2, 0.25) is 5.02 Å². The fourth-order valence-electron chi connectivity index (χ4n) is 2.15. The van der Waals surface area contributed by atoms with Crippen molar-refractivity contribution >= 4 is 83.3 Å². The number of carbonyl (C=O) groups is 1. The van der Waals surface area contributed by atoms with E-state index in [1.807, 2.05) is 30.3 Å². The molecule has 1 amide bonds. The SMILES string of the molecule is Nc1nc(-c2ccc(Br)cc2Br)c(SCC(=O)Nc2ccccc2Cl)s1. The highest BCUT2D eigenvalue weighted by molar-refractivity contribution is 9.11. The first-order valence-electron chi connectivity index (χ1n) is 7.33. The smallest absolute Gasteiger partial charge is 0.234 e. The third-order valence-corrected chi connectivity index (χ3v) is 6.90. The molecule has 3 rings (SSSR count). The lowest BCUT2D eigenvalue weighted by Crippen LogP contribution is -2.14. The van der Waals surface area contributed by atoms with Gasteiger partial charge in [-0.1, -0.05) is 73.0 Å². The number of nitrogens with one attached hydrogen (secondary N) is 1. The van der Waals surface area contributed by atoms with Crippen LogP contribution in [0.5, 0.6) is 0 Å². The van der Waals surface area contributed by atoms with Crippen molar-refractivity contribution in [2.75, 3.05) is 16.8 Å². The van der Waals surface area contributed by atoms with Crippen molar-refractivity contribution in [3.63, 3.8) is 0 Å². The fraction of sp³-hybridized carbons (Fsp3) is 0.0588. The van der Waals surface area contributed by atoms with Gasteiger partial charge < -0.3 is 11.1 Å². The van der Waals surface area contributed by atoms with Crippen LogP contribution in [-0.4, -0.2) is 16.6 Å². The molecule has 1 heterocycles. The summed E-state index contributed by atoms with van der Waals surface area (Å²) in [6.07, 6.45) is 0. The second-order valence-corrected chi connectivity index (χ2v) is 9.58. The Morgan fingerprint density at radius 3 is 2.77 bits per heavy atom. The van der Waals surface area contributed by atoms with E-state index < -0.39 is 0 Å². The van der Waals surface area contributed by atoms with E-state index in [1.165, 1.54) is 23.1 Å². The number of halogens is 3. The molecule has 0 aliphatic heterocycles. The Kier molecular flexibility index (Phi) is 6.63. The van der Waals surface area contributed by atoms with Crippen molar-refractivity contribution in [2.24, 2.45) is 0 Å². The molecule has 0 saturated carbocycles. The highest BCUT2D eigenvalue weighted by Crippen LogP contribution is 2.40. The van der Waals surface area contributed by atoms with Crippen molar-refractivity contribution < 1.29 is 4.79 Å². The van der Waals surface area contributed by atoms with E-state index in [1.54, 1.807) is 12.1 Å². The van der Waals surface area contributed by atoms with E-state index in [2.05, 4.69) is 42.2 Å². The summed E-state index contributed by atoms with van der Waals surface area (Å²) in [5.74, 6) is 0.0875. The van der Waals surface area contributed by atoms with Crippen molar-refractivity contribution in [1.82, 2.24) is 4.98 Å². The Hall–Kier alpha value is -1.06. The summed E-state index contributed by atoms with van der Waals surface area (Å²) in [4.78, 5) is 16.7. The zero-order valence-corrected chi connectivity index (χ0v) is 18.7. The number of nitrogen functional groups attached to an aromatic ring is 1. The summed E-state index contributed by atoms with van der Waals surface area (Å²) < 4.78 is 2.75. The second kappa shape index (κ2) is 8.75. The first-order chi connectivity index (χ1) is 12.4. The lowest BCUT2D eigenvalue weighted by Gasteiger charge is -2.07. The summed E-state index contributed by atoms with van der Waals surface area (Å²) in [5.41, 5.74) is 8.19. The number of hydrogen-bond acceptors (Lipinski definition) is 5. The Morgan fingerprint density at radius 2 is 2.04 bits per heavy atom. The topological polar surface area (TPSA) is 68.0 Å². The van der Waals surface area contributed by atoms with E-state index in [9.17, 15) is 4.79 Å². The zero-order chi connectivity index (χ0) is 18.7. The minimum atomic E-state index is -0.143. The molecule has 0 aliphatic rings. The molecule has 0 atom stereocenters. The average molecular weight is 534 g/mol. The summed E-state index contributed by atoms with van der Waals surface area (Å²) in [6, 6.07) is 13.0. The van der Waals surface area contributed by atoms with Gasteiger partial charge >= 0.3 is 0 Å². The van der Waals surface area contributed by atoms with E-state index >= 15 is 0 Å². The van der Waals surface area contributed by atoms with Gasteiger partial charge in [-0.3, -0.25) is 4.79 Å². The van der Waals surface area contributed by atoms with E-state index in [4.69, 9.17) is 17.3 Å². The molecule has 134 valence electrons. The number of anilines is 2. The highest BCUT2D eigenvalue weighted by atomic mass is 79.9. The molecule has 0 fully saturated rings. The molecule has 3 N–H and O–H groups in total. The molecule has 0 bridgehead atoms. The number of rotatable bonds is 5. The fourth-order valence-corrected chi connectivity index (χ4v) is 5.44. The maximum absolute atomic E-state index is 12.3. The monoisotopic (exact) mass is 531 g/mol. The van der Waals surface area contributed by atoms with E-state index in [-0.39, 0.29) is 11.7 Å².